The molecule has 1 heterocycles. The molecule has 2 aromatic rings. The lowest BCUT2D eigenvalue weighted by Gasteiger charge is -2.14. The largest absolute Gasteiger partial charge is 0.504 e. The molecule has 3 N–H and O–H groups in total. The Balaban J connectivity index is 2.74. The third kappa shape index (κ3) is 2.86. The first-order valence-electron chi connectivity index (χ1n) is 6.18. The fraction of sp³-hybridized carbons (Fsp3) is 0.214. The van der Waals surface area contributed by atoms with Crippen molar-refractivity contribution in [3.63, 3.8) is 0 Å². The van der Waals surface area contributed by atoms with Crippen molar-refractivity contribution < 1.29 is 19.4 Å². The number of phenols is 1. The number of pyridine rings is 1. The Morgan fingerprint density at radius 3 is 2.38 bits per heavy atom. The van der Waals surface area contributed by atoms with E-state index in [1.165, 1.54) is 33.2 Å². The molecule has 0 aliphatic heterocycles. The number of aromatic hydroxyl groups is 1. The lowest BCUT2D eigenvalue weighted by atomic mass is 10.1. The molecular weight excluding hydrogens is 274 g/mol. The number of aromatic nitrogens is 1. The van der Waals surface area contributed by atoms with Crippen molar-refractivity contribution in [1.82, 2.24) is 4.98 Å². The van der Waals surface area contributed by atoms with E-state index in [4.69, 9.17) is 4.74 Å². The Bertz CT molecular complexity index is 728. The van der Waals surface area contributed by atoms with Crippen LogP contribution in [0.25, 0.3) is 10.9 Å². The van der Waals surface area contributed by atoms with Crippen molar-refractivity contribution in [1.29, 1.82) is 0 Å². The van der Waals surface area contributed by atoms with Crippen molar-refractivity contribution in [2.75, 3.05) is 17.7 Å². The van der Waals surface area contributed by atoms with Gasteiger partial charge in [0.05, 0.1) is 23.9 Å². The molecule has 1 aromatic heterocycles. The average Bonchev–Trinajstić information content (AvgIpc) is 2.41. The molecule has 7 nitrogen and oxygen atoms in total. The second-order valence-corrected chi connectivity index (χ2v) is 4.42. The zero-order valence-electron chi connectivity index (χ0n) is 11.9. The number of carbonyl (C=O) groups is 2. The summed E-state index contributed by atoms with van der Waals surface area (Å²) in [4.78, 5) is 26.5. The zero-order chi connectivity index (χ0) is 15.6. The predicted octanol–water partition coefficient (Wildman–Crippen LogP) is 1.87. The maximum atomic E-state index is 11.3. The van der Waals surface area contributed by atoms with Crippen molar-refractivity contribution in [2.45, 2.75) is 13.8 Å². The van der Waals surface area contributed by atoms with Gasteiger partial charge in [-0.15, -0.1) is 0 Å². The molecule has 0 aliphatic rings. The van der Waals surface area contributed by atoms with E-state index < -0.39 is 0 Å². The van der Waals surface area contributed by atoms with Gasteiger partial charge in [-0.05, 0) is 6.07 Å². The van der Waals surface area contributed by atoms with E-state index in [0.717, 1.165) is 0 Å². The Morgan fingerprint density at radius 1 is 1.19 bits per heavy atom. The number of amides is 2. The van der Waals surface area contributed by atoms with E-state index in [2.05, 4.69) is 15.6 Å². The van der Waals surface area contributed by atoms with E-state index in [1.54, 1.807) is 6.07 Å². The second-order valence-electron chi connectivity index (χ2n) is 4.42. The molecule has 0 saturated carbocycles. The van der Waals surface area contributed by atoms with Gasteiger partial charge in [0.15, 0.2) is 5.75 Å². The van der Waals surface area contributed by atoms with Crippen LogP contribution in [0.15, 0.2) is 18.3 Å². The van der Waals surface area contributed by atoms with Crippen molar-refractivity contribution in [3.8, 4) is 11.5 Å². The maximum Gasteiger partial charge on any atom is 0.221 e. The highest BCUT2D eigenvalue weighted by Crippen LogP contribution is 2.41. The Kier molecular flexibility index (Phi) is 3.93. The quantitative estimate of drug-likeness (QED) is 0.749. The van der Waals surface area contributed by atoms with Gasteiger partial charge in [0.2, 0.25) is 11.8 Å². The van der Waals surface area contributed by atoms with Crippen LogP contribution < -0.4 is 15.4 Å². The number of fused-ring (bicyclic) bond motifs is 1. The summed E-state index contributed by atoms with van der Waals surface area (Å²) < 4.78 is 5.27. The SMILES string of the molecule is COc1cc(NC(C)=O)c(O)c2nccc(NC(C)=O)c12. The molecule has 0 fully saturated rings. The van der Waals surface area contributed by atoms with Crippen molar-refractivity contribution >= 4 is 34.1 Å². The second kappa shape index (κ2) is 5.66. The van der Waals surface area contributed by atoms with E-state index in [9.17, 15) is 14.7 Å². The first kappa shape index (κ1) is 14.6. The molecule has 0 spiro atoms. The molecule has 110 valence electrons. The molecular formula is C14H15N3O4. The van der Waals surface area contributed by atoms with Gasteiger partial charge in [0.25, 0.3) is 0 Å². The third-order valence-corrected chi connectivity index (χ3v) is 2.79. The van der Waals surface area contributed by atoms with Crippen LogP contribution in [0.4, 0.5) is 11.4 Å². The maximum absolute atomic E-state index is 11.3. The summed E-state index contributed by atoms with van der Waals surface area (Å²) in [6.07, 6.45) is 1.45. The Morgan fingerprint density at radius 2 is 1.81 bits per heavy atom. The first-order chi connectivity index (χ1) is 9.93. The molecule has 0 unspecified atom stereocenters. The predicted molar refractivity (Wildman–Crippen MR) is 78.6 cm³/mol. The number of hydrogen-bond donors (Lipinski definition) is 3. The molecule has 2 amide bonds. The van der Waals surface area contributed by atoms with Gasteiger partial charge in [-0.1, -0.05) is 0 Å². The van der Waals surface area contributed by atoms with Gasteiger partial charge in [-0.3, -0.25) is 14.6 Å². The highest BCUT2D eigenvalue weighted by atomic mass is 16.5. The number of hydrogen-bond acceptors (Lipinski definition) is 5. The van der Waals surface area contributed by atoms with Crippen LogP contribution in [0.1, 0.15) is 13.8 Å². The van der Waals surface area contributed by atoms with Gasteiger partial charge in [0, 0.05) is 26.1 Å². The topological polar surface area (TPSA) is 101 Å². The van der Waals surface area contributed by atoms with E-state index >= 15 is 0 Å². The molecule has 0 radical (unpaired) electrons. The molecule has 7 heteroatoms. The van der Waals surface area contributed by atoms with Crippen molar-refractivity contribution in [3.05, 3.63) is 18.3 Å². The van der Waals surface area contributed by atoms with E-state index in [1.807, 2.05) is 0 Å². The lowest BCUT2D eigenvalue weighted by Crippen LogP contribution is -2.09. The highest BCUT2D eigenvalue weighted by molar-refractivity contribution is 6.08. The smallest absolute Gasteiger partial charge is 0.221 e. The standard InChI is InChI=1S/C14H15N3O4/c1-7(18)16-9-4-5-15-13-12(9)11(21-3)6-10(14(13)20)17-8(2)19/h4-6,20H,1-3H3,(H,17,19)(H,15,16,18). The summed E-state index contributed by atoms with van der Waals surface area (Å²) in [7, 11) is 1.45. The lowest BCUT2D eigenvalue weighted by molar-refractivity contribution is -0.115. The van der Waals surface area contributed by atoms with E-state index in [-0.39, 0.29) is 28.8 Å². The van der Waals surface area contributed by atoms with Crippen LogP contribution >= 0.6 is 0 Å². The molecule has 0 atom stereocenters. The van der Waals surface area contributed by atoms with Gasteiger partial charge in [-0.25, -0.2) is 0 Å². The number of nitrogens with one attached hydrogen (secondary N) is 2. The number of methoxy groups -OCH3 is 1. The Labute approximate surface area is 120 Å². The number of anilines is 2. The minimum absolute atomic E-state index is 0.187. The third-order valence-electron chi connectivity index (χ3n) is 2.79. The number of benzene rings is 1. The highest BCUT2D eigenvalue weighted by Gasteiger charge is 2.17. The molecule has 0 aliphatic carbocycles. The zero-order valence-corrected chi connectivity index (χ0v) is 11.9. The summed E-state index contributed by atoms with van der Waals surface area (Å²) in [5, 5.41) is 15.8. The minimum Gasteiger partial charge on any atom is -0.504 e. The van der Waals surface area contributed by atoms with Crippen LogP contribution in [-0.4, -0.2) is 29.0 Å². The molecule has 0 bridgehead atoms. The number of phenolic OH excluding ortho intramolecular Hbond substituents is 1. The monoisotopic (exact) mass is 289 g/mol. The summed E-state index contributed by atoms with van der Waals surface area (Å²) in [5.74, 6) is -0.392. The van der Waals surface area contributed by atoms with Gasteiger partial charge >= 0.3 is 0 Å². The van der Waals surface area contributed by atoms with Gasteiger partial charge < -0.3 is 20.5 Å². The summed E-state index contributed by atoms with van der Waals surface area (Å²) >= 11 is 0. The number of carbonyl (C=O) groups excluding carboxylic acids is 2. The Hall–Kier alpha value is -2.83. The van der Waals surface area contributed by atoms with Crippen LogP contribution in [-0.2, 0) is 9.59 Å². The fourth-order valence-electron chi connectivity index (χ4n) is 2.03. The van der Waals surface area contributed by atoms with Crippen LogP contribution in [0, 0.1) is 0 Å². The van der Waals surface area contributed by atoms with Crippen LogP contribution in [0.2, 0.25) is 0 Å². The fourth-order valence-corrected chi connectivity index (χ4v) is 2.03. The van der Waals surface area contributed by atoms with Crippen molar-refractivity contribution in [2.24, 2.45) is 0 Å². The first-order valence-corrected chi connectivity index (χ1v) is 6.18. The number of ether oxygens (including phenoxy) is 1. The molecule has 21 heavy (non-hydrogen) atoms. The normalized spacial score (nSPS) is 10.2. The number of rotatable bonds is 3. The average molecular weight is 289 g/mol. The summed E-state index contributed by atoms with van der Waals surface area (Å²) in [6.45, 7) is 2.71. The minimum atomic E-state index is -0.329. The molecule has 2 rings (SSSR count). The summed E-state index contributed by atoms with van der Waals surface area (Å²) in [5.41, 5.74) is 0.887. The molecule has 0 saturated heterocycles. The van der Waals surface area contributed by atoms with Crippen LogP contribution in [0.3, 0.4) is 0 Å². The van der Waals surface area contributed by atoms with E-state index in [0.29, 0.717) is 16.8 Å². The van der Waals surface area contributed by atoms with Gasteiger partial charge in [-0.2, -0.15) is 0 Å². The summed E-state index contributed by atoms with van der Waals surface area (Å²) in [6, 6.07) is 3.08. The number of nitrogens with zero attached hydrogens (tertiary/aromatic N) is 1. The molecule has 1 aromatic carbocycles. The van der Waals surface area contributed by atoms with Gasteiger partial charge in [0.1, 0.15) is 11.3 Å². The van der Waals surface area contributed by atoms with Crippen LogP contribution in [0.5, 0.6) is 11.5 Å².